The second-order valence-electron chi connectivity index (χ2n) is 9.27. The molecular formula is C28H58O4. The third-order valence-corrected chi connectivity index (χ3v) is 5.90. The fourth-order valence-corrected chi connectivity index (χ4v) is 3.64. The van der Waals surface area contributed by atoms with Gasteiger partial charge in [-0.25, -0.2) is 4.79 Å². The Morgan fingerprint density at radius 1 is 0.562 bits per heavy atom. The quantitative estimate of drug-likeness (QED) is 0.142. The van der Waals surface area contributed by atoms with Crippen molar-refractivity contribution >= 4 is 5.97 Å². The van der Waals surface area contributed by atoms with Gasteiger partial charge in [0.2, 0.25) is 0 Å². The summed E-state index contributed by atoms with van der Waals surface area (Å²) in [4.78, 5) is 10.4. The van der Waals surface area contributed by atoms with E-state index in [0.717, 1.165) is 26.1 Å². The van der Waals surface area contributed by atoms with Crippen molar-refractivity contribution in [2.45, 2.75) is 162 Å². The molecule has 0 aliphatic rings. The van der Waals surface area contributed by atoms with E-state index in [0.29, 0.717) is 6.42 Å². The number of carboxylic acid groups (broad SMARTS) is 1. The fourth-order valence-electron chi connectivity index (χ4n) is 3.64. The number of carbonyl (C=O) groups is 1. The largest absolute Gasteiger partial charge is 0.479 e. The molecule has 0 aliphatic carbocycles. The Morgan fingerprint density at radius 2 is 0.906 bits per heavy atom. The van der Waals surface area contributed by atoms with Gasteiger partial charge >= 0.3 is 5.97 Å². The Kier molecular flexibility index (Phi) is 31.9. The van der Waals surface area contributed by atoms with Crippen LogP contribution >= 0.6 is 0 Å². The standard InChI is InChI=1S/C19H38O3.C9H20O/c1-2-3-4-5-6-7-8-9-10-11-12-13-14-15-16-17-18(20)19(21)22;1-3-5-7-9-10-8-6-4-2/h18,20H,2-17H2,1H3,(H,21,22);3-9H2,1-2H3. The van der Waals surface area contributed by atoms with Gasteiger partial charge in [-0.3, -0.25) is 0 Å². The van der Waals surface area contributed by atoms with Crippen LogP contribution in [0.5, 0.6) is 0 Å². The predicted octanol–water partition coefficient (Wildman–Crippen LogP) is 8.69. The van der Waals surface area contributed by atoms with Crippen LogP contribution in [0.4, 0.5) is 0 Å². The van der Waals surface area contributed by atoms with Gasteiger partial charge in [0.05, 0.1) is 0 Å². The lowest BCUT2D eigenvalue weighted by molar-refractivity contribution is -0.146. The van der Waals surface area contributed by atoms with E-state index in [1.807, 2.05) is 0 Å². The second-order valence-corrected chi connectivity index (χ2v) is 9.27. The van der Waals surface area contributed by atoms with Crippen molar-refractivity contribution in [1.29, 1.82) is 0 Å². The minimum absolute atomic E-state index is 0.396. The zero-order valence-electron chi connectivity index (χ0n) is 22.1. The molecule has 0 heterocycles. The van der Waals surface area contributed by atoms with Crippen molar-refractivity contribution in [2.75, 3.05) is 13.2 Å². The zero-order chi connectivity index (χ0) is 24.1. The number of ether oxygens (including phenoxy) is 1. The number of aliphatic hydroxyl groups excluding tert-OH is 1. The summed E-state index contributed by atoms with van der Waals surface area (Å²) in [5, 5.41) is 17.7. The van der Waals surface area contributed by atoms with E-state index < -0.39 is 12.1 Å². The van der Waals surface area contributed by atoms with Gasteiger partial charge in [0.25, 0.3) is 0 Å². The third-order valence-electron chi connectivity index (χ3n) is 5.90. The number of aliphatic carboxylic acids is 1. The summed E-state index contributed by atoms with van der Waals surface area (Å²) < 4.78 is 5.38. The molecule has 0 aromatic rings. The van der Waals surface area contributed by atoms with Crippen molar-refractivity contribution in [2.24, 2.45) is 0 Å². The number of aliphatic hydroxyl groups is 1. The highest BCUT2D eigenvalue weighted by Crippen LogP contribution is 2.14. The van der Waals surface area contributed by atoms with Crippen molar-refractivity contribution in [1.82, 2.24) is 0 Å². The lowest BCUT2D eigenvalue weighted by Crippen LogP contribution is -2.18. The Morgan fingerprint density at radius 3 is 1.31 bits per heavy atom. The minimum Gasteiger partial charge on any atom is -0.479 e. The molecule has 0 radical (unpaired) electrons. The van der Waals surface area contributed by atoms with Gasteiger partial charge in [-0.15, -0.1) is 0 Å². The van der Waals surface area contributed by atoms with E-state index in [1.54, 1.807) is 0 Å². The molecule has 0 bridgehead atoms. The molecule has 1 unspecified atom stereocenters. The van der Waals surface area contributed by atoms with E-state index in [-0.39, 0.29) is 0 Å². The van der Waals surface area contributed by atoms with Crippen LogP contribution in [-0.2, 0) is 9.53 Å². The molecule has 0 rings (SSSR count). The summed E-state index contributed by atoms with van der Waals surface area (Å²) in [6, 6.07) is 0. The molecule has 4 heteroatoms. The van der Waals surface area contributed by atoms with E-state index in [1.165, 1.54) is 116 Å². The molecule has 32 heavy (non-hydrogen) atoms. The smallest absolute Gasteiger partial charge is 0.332 e. The molecule has 0 aromatic carbocycles. The van der Waals surface area contributed by atoms with Gasteiger partial charge in [-0.05, 0) is 19.3 Å². The average molecular weight is 459 g/mol. The monoisotopic (exact) mass is 458 g/mol. The molecule has 0 aromatic heterocycles. The normalized spacial score (nSPS) is 11.8. The topological polar surface area (TPSA) is 66.8 Å². The first kappa shape index (κ1) is 33.6. The summed E-state index contributed by atoms with van der Waals surface area (Å²) in [7, 11) is 0. The van der Waals surface area contributed by atoms with Crippen LogP contribution in [0.2, 0.25) is 0 Å². The van der Waals surface area contributed by atoms with Crippen LogP contribution in [0, 0.1) is 0 Å². The van der Waals surface area contributed by atoms with Crippen LogP contribution in [0.3, 0.4) is 0 Å². The highest BCUT2D eigenvalue weighted by molar-refractivity contribution is 5.71. The maximum Gasteiger partial charge on any atom is 0.332 e. The molecule has 0 spiro atoms. The van der Waals surface area contributed by atoms with Crippen LogP contribution in [-0.4, -0.2) is 35.5 Å². The van der Waals surface area contributed by atoms with Gasteiger partial charge in [0.1, 0.15) is 0 Å². The number of carboxylic acids is 1. The van der Waals surface area contributed by atoms with E-state index in [9.17, 15) is 4.79 Å². The first-order valence-electron chi connectivity index (χ1n) is 14.1. The Bertz CT molecular complexity index is 338. The zero-order valence-corrected chi connectivity index (χ0v) is 22.1. The van der Waals surface area contributed by atoms with Crippen molar-refractivity contribution < 1.29 is 19.7 Å². The molecule has 0 saturated carbocycles. The lowest BCUT2D eigenvalue weighted by atomic mass is 10.0. The van der Waals surface area contributed by atoms with Crippen molar-refractivity contribution in [3.05, 3.63) is 0 Å². The Hall–Kier alpha value is -0.610. The molecule has 0 fully saturated rings. The Balaban J connectivity index is 0. The van der Waals surface area contributed by atoms with Gasteiger partial charge in [0, 0.05) is 13.2 Å². The Labute approximate surface area is 200 Å². The SMILES string of the molecule is CCCCCCCCCCCCCCCCCC(O)C(=O)O.CCCCCOCCCC. The average Bonchev–Trinajstić information content (AvgIpc) is 2.79. The summed E-state index contributed by atoms with van der Waals surface area (Å²) >= 11 is 0. The lowest BCUT2D eigenvalue weighted by Gasteiger charge is -2.05. The number of unbranched alkanes of at least 4 members (excludes halogenated alkanes) is 17. The number of rotatable bonds is 24. The predicted molar refractivity (Wildman–Crippen MR) is 138 cm³/mol. The van der Waals surface area contributed by atoms with Gasteiger partial charge in [-0.1, -0.05) is 136 Å². The van der Waals surface area contributed by atoms with Crippen molar-refractivity contribution in [3.8, 4) is 0 Å². The summed E-state index contributed by atoms with van der Waals surface area (Å²) in [5.41, 5.74) is 0. The molecule has 4 nitrogen and oxygen atoms in total. The molecule has 194 valence electrons. The number of hydrogen-bond acceptors (Lipinski definition) is 3. The maximum absolute atomic E-state index is 10.4. The maximum atomic E-state index is 10.4. The van der Waals surface area contributed by atoms with E-state index in [4.69, 9.17) is 14.9 Å². The highest BCUT2D eigenvalue weighted by Gasteiger charge is 2.11. The summed E-state index contributed by atoms with van der Waals surface area (Å²) in [6.45, 7) is 8.59. The third kappa shape index (κ3) is 31.6. The summed E-state index contributed by atoms with van der Waals surface area (Å²) in [6.07, 6.45) is 25.0. The van der Waals surface area contributed by atoms with Gasteiger partial charge in [-0.2, -0.15) is 0 Å². The fraction of sp³-hybridized carbons (Fsp3) is 0.964. The first-order chi connectivity index (χ1) is 15.6. The van der Waals surface area contributed by atoms with Crippen LogP contribution in [0.25, 0.3) is 0 Å². The van der Waals surface area contributed by atoms with Crippen LogP contribution in [0.1, 0.15) is 156 Å². The summed E-state index contributed by atoms with van der Waals surface area (Å²) in [5.74, 6) is -1.09. The minimum atomic E-state index is -1.16. The van der Waals surface area contributed by atoms with E-state index in [2.05, 4.69) is 20.8 Å². The molecule has 0 saturated heterocycles. The van der Waals surface area contributed by atoms with Crippen LogP contribution < -0.4 is 0 Å². The van der Waals surface area contributed by atoms with E-state index >= 15 is 0 Å². The van der Waals surface area contributed by atoms with Crippen LogP contribution in [0.15, 0.2) is 0 Å². The number of hydrogen-bond donors (Lipinski definition) is 2. The molecule has 2 N–H and O–H groups in total. The molecule has 0 aliphatic heterocycles. The van der Waals surface area contributed by atoms with Gasteiger partial charge < -0.3 is 14.9 Å². The molecule has 0 amide bonds. The highest BCUT2D eigenvalue weighted by atomic mass is 16.5. The first-order valence-corrected chi connectivity index (χ1v) is 14.1. The second kappa shape index (κ2) is 30.4. The van der Waals surface area contributed by atoms with Crippen molar-refractivity contribution in [3.63, 3.8) is 0 Å². The molecule has 1 atom stereocenters. The van der Waals surface area contributed by atoms with Gasteiger partial charge in [0.15, 0.2) is 6.10 Å². The molecular weight excluding hydrogens is 400 g/mol.